The standard InChI is InChI=1S/C19H31ClN4O2/c1-12(2)10-19(6,11-21)23-16(25)14-9-13(7-8-15(14)20)22-17(26)24-18(3,4)5/h7-9,12H,10-11,21H2,1-6H3,(H,23,25)(H2,22,24,26). The summed E-state index contributed by atoms with van der Waals surface area (Å²) in [6, 6.07) is 4.45. The zero-order valence-corrected chi connectivity index (χ0v) is 17.3. The SMILES string of the molecule is CC(C)CC(C)(CN)NC(=O)c1cc(NC(=O)NC(C)(C)C)ccc1Cl. The van der Waals surface area contributed by atoms with Gasteiger partial charge in [-0.2, -0.15) is 0 Å². The highest BCUT2D eigenvalue weighted by molar-refractivity contribution is 6.34. The van der Waals surface area contributed by atoms with Gasteiger partial charge in [0.05, 0.1) is 10.6 Å². The van der Waals surface area contributed by atoms with E-state index in [1.807, 2.05) is 27.7 Å². The minimum Gasteiger partial charge on any atom is -0.346 e. The van der Waals surface area contributed by atoms with Crippen LogP contribution in [0.4, 0.5) is 10.5 Å². The zero-order chi connectivity index (χ0) is 20.1. The lowest BCUT2D eigenvalue weighted by Gasteiger charge is -2.31. The monoisotopic (exact) mass is 382 g/mol. The van der Waals surface area contributed by atoms with E-state index >= 15 is 0 Å². The maximum atomic E-state index is 12.7. The molecule has 26 heavy (non-hydrogen) atoms. The first-order valence-electron chi connectivity index (χ1n) is 8.76. The number of carbonyl (C=O) groups excluding carboxylic acids is 2. The average Bonchev–Trinajstić information content (AvgIpc) is 2.46. The van der Waals surface area contributed by atoms with E-state index in [1.54, 1.807) is 18.2 Å². The number of anilines is 1. The van der Waals surface area contributed by atoms with E-state index in [4.69, 9.17) is 17.3 Å². The van der Waals surface area contributed by atoms with Crippen LogP contribution in [-0.4, -0.2) is 29.6 Å². The molecule has 0 aliphatic rings. The molecule has 0 aromatic heterocycles. The molecule has 5 N–H and O–H groups in total. The molecule has 3 amide bonds. The first-order valence-corrected chi connectivity index (χ1v) is 9.14. The molecule has 0 aliphatic carbocycles. The van der Waals surface area contributed by atoms with E-state index < -0.39 is 5.54 Å². The maximum absolute atomic E-state index is 12.7. The Morgan fingerprint density at radius 1 is 1.15 bits per heavy atom. The fourth-order valence-electron chi connectivity index (χ4n) is 2.71. The van der Waals surface area contributed by atoms with Crippen LogP contribution >= 0.6 is 11.6 Å². The van der Waals surface area contributed by atoms with Crippen molar-refractivity contribution in [3.05, 3.63) is 28.8 Å². The molecule has 1 aromatic rings. The third-order valence-electron chi connectivity index (χ3n) is 3.68. The Morgan fingerprint density at radius 3 is 2.27 bits per heavy atom. The number of amides is 3. The summed E-state index contributed by atoms with van der Waals surface area (Å²) < 4.78 is 0. The molecule has 1 unspecified atom stereocenters. The Balaban J connectivity index is 2.95. The van der Waals surface area contributed by atoms with Gasteiger partial charge < -0.3 is 21.7 Å². The number of benzene rings is 1. The smallest absolute Gasteiger partial charge is 0.319 e. The Labute approximate surface area is 161 Å². The van der Waals surface area contributed by atoms with Crippen molar-refractivity contribution < 1.29 is 9.59 Å². The van der Waals surface area contributed by atoms with Gasteiger partial charge in [0.15, 0.2) is 0 Å². The lowest BCUT2D eigenvalue weighted by Crippen LogP contribution is -2.52. The summed E-state index contributed by atoms with van der Waals surface area (Å²) in [6.45, 7) is 12.0. The van der Waals surface area contributed by atoms with Crippen LogP contribution < -0.4 is 21.7 Å². The van der Waals surface area contributed by atoms with E-state index in [2.05, 4.69) is 29.8 Å². The van der Waals surface area contributed by atoms with E-state index in [-0.39, 0.29) is 17.5 Å². The topological polar surface area (TPSA) is 96.2 Å². The van der Waals surface area contributed by atoms with Gasteiger partial charge in [0, 0.05) is 23.3 Å². The number of nitrogens with one attached hydrogen (secondary N) is 3. The summed E-state index contributed by atoms with van der Waals surface area (Å²) in [6.07, 6.45) is 0.749. The second-order valence-electron chi connectivity index (χ2n) is 8.34. The molecule has 0 radical (unpaired) electrons. The van der Waals surface area contributed by atoms with Gasteiger partial charge >= 0.3 is 6.03 Å². The molecular formula is C19H31ClN4O2. The van der Waals surface area contributed by atoms with E-state index in [9.17, 15) is 9.59 Å². The first-order chi connectivity index (χ1) is 11.8. The second-order valence-corrected chi connectivity index (χ2v) is 8.75. The normalized spacial score (nSPS) is 13.9. The minimum atomic E-state index is -0.526. The third-order valence-corrected chi connectivity index (χ3v) is 4.01. The highest BCUT2D eigenvalue weighted by Crippen LogP contribution is 2.23. The van der Waals surface area contributed by atoms with Gasteiger partial charge in [-0.15, -0.1) is 0 Å². The molecule has 0 bridgehead atoms. The molecule has 146 valence electrons. The van der Waals surface area contributed by atoms with Crippen LogP contribution in [0.15, 0.2) is 18.2 Å². The molecule has 1 aromatic carbocycles. The Bertz CT molecular complexity index is 655. The quantitative estimate of drug-likeness (QED) is 0.603. The van der Waals surface area contributed by atoms with E-state index in [0.29, 0.717) is 28.7 Å². The van der Waals surface area contributed by atoms with Gasteiger partial charge in [0.2, 0.25) is 0 Å². The Kier molecular flexibility index (Phi) is 7.47. The fourth-order valence-corrected chi connectivity index (χ4v) is 2.91. The largest absolute Gasteiger partial charge is 0.346 e. The molecule has 1 rings (SSSR count). The number of hydrogen-bond donors (Lipinski definition) is 4. The van der Waals surface area contributed by atoms with Gasteiger partial charge in [0.25, 0.3) is 5.91 Å². The van der Waals surface area contributed by atoms with Crippen LogP contribution in [0.25, 0.3) is 0 Å². The Morgan fingerprint density at radius 2 is 1.77 bits per heavy atom. The predicted octanol–water partition coefficient (Wildman–Crippen LogP) is 3.75. The molecule has 0 fully saturated rings. The third kappa shape index (κ3) is 7.22. The maximum Gasteiger partial charge on any atom is 0.319 e. The van der Waals surface area contributed by atoms with E-state index in [0.717, 1.165) is 6.42 Å². The van der Waals surface area contributed by atoms with Crippen molar-refractivity contribution in [2.24, 2.45) is 11.7 Å². The number of halogens is 1. The molecular weight excluding hydrogens is 352 g/mol. The van der Waals surface area contributed by atoms with Gasteiger partial charge in [-0.25, -0.2) is 4.79 Å². The number of nitrogens with two attached hydrogens (primary N) is 1. The summed E-state index contributed by atoms with van der Waals surface area (Å²) in [7, 11) is 0. The summed E-state index contributed by atoms with van der Waals surface area (Å²) >= 11 is 6.19. The van der Waals surface area contributed by atoms with Crippen LogP contribution in [0.2, 0.25) is 5.02 Å². The van der Waals surface area contributed by atoms with Crippen LogP contribution in [-0.2, 0) is 0 Å². The average molecular weight is 383 g/mol. The zero-order valence-electron chi connectivity index (χ0n) is 16.5. The van der Waals surface area contributed by atoms with Gasteiger partial charge in [-0.05, 0) is 58.2 Å². The molecule has 0 aliphatic heterocycles. The van der Waals surface area contributed by atoms with E-state index in [1.165, 1.54) is 0 Å². The lowest BCUT2D eigenvalue weighted by atomic mass is 9.90. The highest BCUT2D eigenvalue weighted by atomic mass is 35.5. The molecule has 0 saturated heterocycles. The first kappa shape index (κ1) is 22.3. The molecule has 0 spiro atoms. The molecule has 7 heteroatoms. The van der Waals surface area contributed by atoms with Gasteiger partial charge in [0.1, 0.15) is 0 Å². The van der Waals surface area contributed by atoms with Crippen molar-refractivity contribution in [2.75, 3.05) is 11.9 Å². The number of urea groups is 1. The number of carbonyl (C=O) groups is 2. The molecule has 0 saturated carbocycles. The number of rotatable bonds is 6. The fraction of sp³-hybridized carbons (Fsp3) is 0.579. The van der Waals surface area contributed by atoms with Crippen LogP contribution in [0.1, 0.15) is 58.3 Å². The second kappa shape index (κ2) is 8.73. The summed E-state index contributed by atoms with van der Waals surface area (Å²) in [5.74, 6) is 0.0666. The highest BCUT2D eigenvalue weighted by Gasteiger charge is 2.27. The summed E-state index contributed by atoms with van der Waals surface area (Å²) in [5.41, 5.74) is 5.75. The molecule has 1 atom stereocenters. The van der Waals surface area contributed by atoms with Gasteiger partial charge in [-0.3, -0.25) is 4.79 Å². The van der Waals surface area contributed by atoms with Crippen molar-refractivity contribution in [2.45, 2.75) is 59.0 Å². The van der Waals surface area contributed by atoms with Crippen LogP contribution in [0.5, 0.6) is 0 Å². The lowest BCUT2D eigenvalue weighted by molar-refractivity contribution is 0.0898. The van der Waals surface area contributed by atoms with Crippen LogP contribution in [0, 0.1) is 5.92 Å². The van der Waals surface area contributed by atoms with Crippen molar-refractivity contribution in [3.63, 3.8) is 0 Å². The Hall–Kier alpha value is -1.79. The van der Waals surface area contributed by atoms with Crippen molar-refractivity contribution >= 4 is 29.2 Å². The summed E-state index contributed by atoms with van der Waals surface area (Å²) in [5, 5.41) is 8.80. The van der Waals surface area contributed by atoms with Gasteiger partial charge in [-0.1, -0.05) is 25.4 Å². The van der Waals surface area contributed by atoms with Crippen molar-refractivity contribution in [1.29, 1.82) is 0 Å². The summed E-state index contributed by atoms with van der Waals surface area (Å²) in [4.78, 5) is 24.7. The van der Waals surface area contributed by atoms with Crippen molar-refractivity contribution in [3.8, 4) is 0 Å². The van der Waals surface area contributed by atoms with Crippen LogP contribution in [0.3, 0.4) is 0 Å². The molecule has 6 nitrogen and oxygen atoms in total. The number of hydrogen-bond acceptors (Lipinski definition) is 3. The van der Waals surface area contributed by atoms with Crippen molar-refractivity contribution in [1.82, 2.24) is 10.6 Å². The minimum absolute atomic E-state index is 0.295. The molecule has 0 heterocycles. The predicted molar refractivity (Wildman–Crippen MR) is 108 cm³/mol.